The monoisotopic (exact) mass is 503 g/mol. The van der Waals surface area contributed by atoms with E-state index in [1.807, 2.05) is 6.07 Å². The minimum atomic E-state index is 0. The van der Waals surface area contributed by atoms with Crippen molar-refractivity contribution in [2.75, 3.05) is 77.5 Å². The average molecular weight is 503 g/mol. The second-order valence-corrected chi connectivity index (χ2v) is 7.22. The lowest BCUT2D eigenvalue weighted by Gasteiger charge is -2.34. The van der Waals surface area contributed by atoms with Crippen LogP contribution in [0.4, 0.5) is 5.95 Å². The van der Waals surface area contributed by atoms with E-state index >= 15 is 0 Å². The number of anilines is 1. The third kappa shape index (κ3) is 7.00. The first-order chi connectivity index (χ1) is 13.3. The number of ether oxygens (including phenoxy) is 1. The summed E-state index contributed by atoms with van der Waals surface area (Å²) >= 11 is 0. The lowest BCUT2D eigenvalue weighted by atomic mass is 10.1. The Labute approximate surface area is 185 Å². The van der Waals surface area contributed by atoms with Crippen molar-refractivity contribution in [1.29, 1.82) is 0 Å². The molecule has 0 aliphatic carbocycles. The van der Waals surface area contributed by atoms with Crippen LogP contribution >= 0.6 is 24.0 Å². The first-order valence-electron chi connectivity index (χ1n) is 10.1. The van der Waals surface area contributed by atoms with E-state index in [0.717, 1.165) is 83.9 Å². The molecule has 9 heteroatoms. The van der Waals surface area contributed by atoms with Gasteiger partial charge in [0.05, 0.1) is 13.2 Å². The first kappa shape index (κ1) is 23.1. The summed E-state index contributed by atoms with van der Waals surface area (Å²) in [7, 11) is 2.12. The van der Waals surface area contributed by atoms with Crippen LogP contribution in [0, 0.1) is 5.92 Å². The molecule has 2 aliphatic rings. The molecule has 0 radical (unpaired) electrons. The fourth-order valence-electron chi connectivity index (χ4n) is 3.59. The molecule has 0 spiro atoms. The Bertz CT molecular complexity index is 575. The van der Waals surface area contributed by atoms with Crippen molar-refractivity contribution in [3.8, 4) is 0 Å². The zero-order valence-corrected chi connectivity index (χ0v) is 19.4. The number of piperazine rings is 1. The van der Waals surface area contributed by atoms with Crippen molar-refractivity contribution in [2.45, 2.75) is 13.3 Å². The highest BCUT2D eigenvalue weighted by molar-refractivity contribution is 14.0. The van der Waals surface area contributed by atoms with Gasteiger partial charge in [-0.05, 0) is 19.4 Å². The van der Waals surface area contributed by atoms with Gasteiger partial charge in [0.2, 0.25) is 5.95 Å². The zero-order chi connectivity index (χ0) is 18.9. The number of aromatic nitrogens is 2. The topological polar surface area (TPSA) is 69.1 Å². The number of halogens is 1. The summed E-state index contributed by atoms with van der Waals surface area (Å²) in [6.45, 7) is 11.6. The number of guanidine groups is 1. The predicted molar refractivity (Wildman–Crippen MR) is 124 cm³/mol. The van der Waals surface area contributed by atoms with E-state index in [0.29, 0.717) is 5.92 Å². The van der Waals surface area contributed by atoms with Crippen LogP contribution in [0.25, 0.3) is 0 Å². The van der Waals surface area contributed by atoms with Gasteiger partial charge in [-0.15, -0.1) is 24.0 Å². The van der Waals surface area contributed by atoms with Gasteiger partial charge < -0.3 is 19.9 Å². The maximum absolute atomic E-state index is 5.49. The van der Waals surface area contributed by atoms with E-state index in [1.54, 1.807) is 12.4 Å². The SMILES string of the molecule is CCNC(=NCCN1CCN(c2ncccn2)CC1)N(C)CC1CCOC1.I. The number of nitrogens with zero attached hydrogens (tertiary/aromatic N) is 6. The van der Waals surface area contributed by atoms with E-state index < -0.39 is 0 Å². The van der Waals surface area contributed by atoms with Gasteiger partial charge in [-0.2, -0.15) is 0 Å². The summed E-state index contributed by atoms with van der Waals surface area (Å²) in [4.78, 5) is 20.5. The van der Waals surface area contributed by atoms with Crippen LogP contribution in [-0.4, -0.2) is 98.3 Å². The van der Waals surface area contributed by atoms with E-state index in [4.69, 9.17) is 9.73 Å². The Morgan fingerprint density at radius 1 is 1.29 bits per heavy atom. The number of nitrogens with one attached hydrogen (secondary N) is 1. The summed E-state index contributed by atoms with van der Waals surface area (Å²) < 4.78 is 5.49. The third-order valence-electron chi connectivity index (χ3n) is 5.14. The second kappa shape index (κ2) is 12.4. The highest BCUT2D eigenvalue weighted by Crippen LogP contribution is 2.13. The van der Waals surface area contributed by atoms with Crippen molar-refractivity contribution in [2.24, 2.45) is 10.9 Å². The summed E-state index contributed by atoms with van der Waals surface area (Å²) in [5.41, 5.74) is 0. The molecular weight excluding hydrogens is 469 g/mol. The maximum atomic E-state index is 5.49. The van der Waals surface area contributed by atoms with E-state index in [-0.39, 0.29) is 24.0 Å². The van der Waals surface area contributed by atoms with Gasteiger partial charge in [0, 0.05) is 77.8 Å². The molecule has 1 aromatic heterocycles. The molecule has 2 aliphatic heterocycles. The minimum Gasteiger partial charge on any atom is -0.381 e. The first-order valence-corrected chi connectivity index (χ1v) is 10.1. The van der Waals surface area contributed by atoms with Gasteiger partial charge in [-0.1, -0.05) is 0 Å². The lowest BCUT2D eigenvalue weighted by molar-refractivity contribution is 0.181. The molecule has 3 rings (SSSR count). The molecule has 1 aromatic rings. The van der Waals surface area contributed by atoms with Gasteiger partial charge >= 0.3 is 0 Å². The molecule has 2 fully saturated rings. The van der Waals surface area contributed by atoms with Gasteiger partial charge in [0.25, 0.3) is 0 Å². The van der Waals surface area contributed by atoms with Crippen LogP contribution in [-0.2, 0) is 4.74 Å². The van der Waals surface area contributed by atoms with E-state index in [9.17, 15) is 0 Å². The quantitative estimate of drug-likeness (QED) is 0.340. The molecular formula is C19H34IN7O. The van der Waals surface area contributed by atoms with Crippen molar-refractivity contribution in [1.82, 2.24) is 25.1 Å². The molecule has 0 amide bonds. The summed E-state index contributed by atoms with van der Waals surface area (Å²) in [5, 5.41) is 3.41. The van der Waals surface area contributed by atoms with Crippen LogP contribution in [0.1, 0.15) is 13.3 Å². The van der Waals surface area contributed by atoms with Crippen molar-refractivity contribution in [3.63, 3.8) is 0 Å². The van der Waals surface area contributed by atoms with Gasteiger partial charge in [-0.25, -0.2) is 9.97 Å². The van der Waals surface area contributed by atoms with Crippen LogP contribution in [0.3, 0.4) is 0 Å². The smallest absolute Gasteiger partial charge is 0.225 e. The van der Waals surface area contributed by atoms with Gasteiger partial charge in [-0.3, -0.25) is 9.89 Å². The Kier molecular flexibility index (Phi) is 10.2. The molecule has 0 saturated carbocycles. The standard InChI is InChI=1S/C19H33N7O.HI/c1-3-20-18(24(2)15-17-5-14-27-16-17)23-8-9-25-10-12-26(13-11-25)19-21-6-4-7-22-19;/h4,6-7,17H,3,5,8-16H2,1-2H3,(H,20,23);1H. The predicted octanol–water partition coefficient (Wildman–Crippen LogP) is 1.15. The zero-order valence-electron chi connectivity index (χ0n) is 17.1. The van der Waals surface area contributed by atoms with Gasteiger partial charge in [0.1, 0.15) is 0 Å². The number of hydrogen-bond donors (Lipinski definition) is 1. The fourth-order valence-corrected chi connectivity index (χ4v) is 3.59. The molecule has 2 saturated heterocycles. The molecule has 1 N–H and O–H groups in total. The summed E-state index contributed by atoms with van der Waals surface area (Å²) in [6.07, 6.45) is 4.76. The summed E-state index contributed by atoms with van der Waals surface area (Å²) in [5.74, 6) is 2.45. The van der Waals surface area contributed by atoms with Crippen molar-refractivity contribution < 1.29 is 4.74 Å². The van der Waals surface area contributed by atoms with Crippen molar-refractivity contribution >= 4 is 35.9 Å². The molecule has 1 unspecified atom stereocenters. The number of aliphatic imine (C=N–C) groups is 1. The van der Waals surface area contributed by atoms with Crippen LogP contribution in [0.15, 0.2) is 23.5 Å². The Morgan fingerprint density at radius 2 is 2.04 bits per heavy atom. The van der Waals surface area contributed by atoms with E-state index in [1.165, 1.54) is 0 Å². The molecule has 0 aromatic carbocycles. The van der Waals surface area contributed by atoms with Crippen LogP contribution < -0.4 is 10.2 Å². The molecule has 158 valence electrons. The van der Waals surface area contributed by atoms with Crippen LogP contribution in [0.5, 0.6) is 0 Å². The second-order valence-electron chi connectivity index (χ2n) is 7.22. The van der Waals surface area contributed by atoms with Crippen molar-refractivity contribution in [3.05, 3.63) is 18.5 Å². The largest absolute Gasteiger partial charge is 0.381 e. The lowest BCUT2D eigenvalue weighted by Crippen LogP contribution is -2.48. The Balaban J connectivity index is 0.00000280. The highest BCUT2D eigenvalue weighted by atomic mass is 127. The normalized spacial score (nSPS) is 20.7. The molecule has 28 heavy (non-hydrogen) atoms. The fraction of sp³-hybridized carbons (Fsp3) is 0.737. The highest BCUT2D eigenvalue weighted by Gasteiger charge is 2.20. The number of rotatable bonds is 7. The molecule has 1 atom stereocenters. The Hall–Kier alpha value is -1.20. The molecule has 8 nitrogen and oxygen atoms in total. The van der Waals surface area contributed by atoms with E-state index in [2.05, 4.69) is 44.0 Å². The molecule has 0 bridgehead atoms. The van der Waals surface area contributed by atoms with Crippen LogP contribution in [0.2, 0.25) is 0 Å². The Morgan fingerprint density at radius 3 is 2.68 bits per heavy atom. The summed E-state index contributed by atoms with van der Waals surface area (Å²) in [6, 6.07) is 1.86. The number of hydrogen-bond acceptors (Lipinski definition) is 6. The van der Waals surface area contributed by atoms with Gasteiger partial charge in [0.15, 0.2) is 5.96 Å². The maximum Gasteiger partial charge on any atom is 0.225 e. The minimum absolute atomic E-state index is 0. The third-order valence-corrected chi connectivity index (χ3v) is 5.14. The molecule has 3 heterocycles. The average Bonchev–Trinajstić information content (AvgIpc) is 3.21.